The first-order valence-corrected chi connectivity index (χ1v) is 6.70. The Hall–Kier alpha value is -0.820. The first-order chi connectivity index (χ1) is 7.92. The van der Waals surface area contributed by atoms with Crippen molar-refractivity contribution in [2.45, 2.75) is 38.1 Å². The van der Waals surface area contributed by atoms with Crippen molar-refractivity contribution >= 4 is 0 Å². The van der Waals surface area contributed by atoms with Gasteiger partial charge in [0.05, 0.1) is 0 Å². The van der Waals surface area contributed by atoms with Gasteiger partial charge in [-0.1, -0.05) is 30.3 Å². The van der Waals surface area contributed by atoms with Crippen molar-refractivity contribution in [2.24, 2.45) is 5.92 Å². The molecule has 0 aromatic heterocycles. The molecule has 1 aromatic rings. The fourth-order valence-corrected chi connectivity index (χ4v) is 3.37. The Bertz CT molecular complexity index is 325. The Kier molecular flexibility index (Phi) is 2.96. The molecular formula is C15H21N. The highest BCUT2D eigenvalue weighted by molar-refractivity contribution is 5.14. The van der Waals surface area contributed by atoms with Crippen molar-refractivity contribution in [1.82, 2.24) is 4.90 Å². The van der Waals surface area contributed by atoms with E-state index in [0.717, 1.165) is 12.0 Å². The highest BCUT2D eigenvalue weighted by atomic mass is 15.2. The molecule has 1 atom stereocenters. The van der Waals surface area contributed by atoms with Crippen LogP contribution in [0.25, 0.3) is 0 Å². The van der Waals surface area contributed by atoms with Gasteiger partial charge >= 0.3 is 0 Å². The van der Waals surface area contributed by atoms with Crippen LogP contribution in [0.1, 0.15) is 31.2 Å². The van der Waals surface area contributed by atoms with Crippen LogP contribution >= 0.6 is 0 Å². The molecule has 3 heterocycles. The summed E-state index contributed by atoms with van der Waals surface area (Å²) in [7, 11) is 0. The van der Waals surface area contributed by atoms with E-state index >= 15 is 0 Å². The number of piperidine rings is 3. The van der Waals surface area contributed by atoms with Crippen molar-refractivity contribution < 1.29 is 0 Å². The lowest BCUT2D eigenvalue weighted by Gasteiger charge is -2.45. The third-order valence-electron chi connectivity index (χ3n) is 4.38. The van der Waals surface area contributed by atoms with Crippen LogP contribution in [0, 0.1) is 5.92 Å². The molecule has 3 aliphatic heterocycles. The van der Waals surface area contributed by atoms with Crippen LogP contribution in [0.5, 0.6) is 0 Å². The van der Waals surface area contributed by atoms with E-state index in [1.807, 2.05) is 0 Å². The van der Waals surface area contributed by atoms with Crippen molar-refractivity contribution in [3.8, 4) is 0 Å². The number of hydrogen-bond donors (Lipinski definition) is 0. The first kappa shape index (κ1) is 10.3. The van der Waals surface area contributed by atoms with E-state index in [0.29, 0.717) is 0 Å². The maximum absolute atomic E-state index is 2.73. The monoisotopic (exact) mass is 215 g/mol. The molecule has 2 bridgehead atoms. The number of benzene rings is 1. The van der Waals surface area contributed by atoms with Gasteiger partial charge in [0.1, 0.15) is 0 Å². The Labute approximate surface area is 98.5 Å². The van der Waals surface area contributed by atoms with Gasteiger partial charge in [0.15, 0.2) is 0 Å². The zero-order valence-electron chi connectivity index (χ0n) is 9.94. The topological polar surface area (TPSA) is 3.24 Å². The zero-order chi connectivity index (χ0) is 10.8. The SMILES string of the molecule is c1ccc(CCC2CC3CCN2CC3)cc1. The quantitative estimate of drug-likeness (QED) is 0.749. The van der Waals surface area contributed by atoms with E-state index in [-0.39, 0.29) is 0 Å². The average Bonchev–Trinajstić information content (AvgIpc) is 2.39. The molecule has 1 nitrogen and oxygen atoms in total. The molecule has 1 unspecified atom stereocenters. The number of fused-ring (bicyclic) bond motifs is 3. The maximum atomic E-state index is 2.73. The normalized spacial score (nSPS) is 32.9. The molecule has 3 saturated heterocycles. The van der Waals surface area contributed by atoms with Gasteiger partial charge in [0.2, 0.25) is 0 Å². The third kappa shape index (κ3) is 2.15. The molecule has 0 saturated carbocycles. The second-order valence-electron chi connectivity index (χ2n) is 5.39. The third-order valence-corrected chi connectivity index (χ3v) is 4.38. The summed E-state index contributed by atoms with van der Waals surface area (Å²) < 4.78 is 0. The number of rotatable bonds is 3. The van der Waals surface area contributed by atoms with E-state index in [1.165, 1.54) is 50.8 Å². The van der Waals surface area contributed by atoms with Gasteiger partial charge in [-0.3, -0.25) is 0 Å². The van der Waals surface area contributed by atoms with E-state index in [4.69, 9.17) is 0 Å². The van der Waals surface area contributed by atoms with Crippen molar-refractivity contribution in [2.75, 3.05) is 13.1 Å². The fraction of sp³-hybridized carbons (Fsp3) is 0.600. The standard InChI is InChI=1S/C15H21N/c1-2-4-13(5-3-1)6-7-15-12-14-8-10-16(15)11-9-14/h1-5,14-15H,6-12H2. The Morgan fingerprint density at radius 3 is 2.44 bits per heavy atom. The highest BCUT2D eigenvalue weighted by Crippen LogP contribution is 2.33. The minimum atomic E-state index is 0.882. The minimum absolute atomic E-state index is 0.882. The van der Waals surface area contributed by atoms with E-state index in [2.05, 4.69) is 35.2 Å². The van der Waals surface area contributed by atoms with Gasteiger partial charge in [0.25, 0.3) is 0 Å². The Balaban J connectivity index is 1.56. The van der Waals surface area contributed by atoms with E-state index in [9.17, 15) is 0 Å². The van der Waals surface area contributed by atoms with Crippen LogP contribution in [-0.4, -0.2) is 24.0 Å². The number of nitrogens with zero attached hydrogens (tertiary/aromatic N) is 1. The summed E-state index contributed by atoms with van der Waals surface area (Å²) in [6, 6.07) is 11.8. The second-order valence-corrected chi connectivity index (χ2v) is 5.39. The summed E-state index contributed by atoms with van der Waals surface area (Å²) in [4.78, 5) is 2.73. The second kappa shape index (κ2) is 4.58. The van der Waals surface area contributed by atoms with Crippen LogP contribution in [0.4, 0.5) is 0 Å². The zero-order valence-corrected chi connectivity index (χ0v) is 9.94. The molecule has 86 valence electrons. The Morgan fingerprint density at radius 1 is 1.06 bits per heavy atom. The lowest BCUT2D eigenvalue weighted by Crippen LogP contribution is -2.48. The van der Waals surface area contributed by atoms with Gasteiger partial charge in [-0.15, -0.1) is 0 Å². The van der Waals surface area contributed by atoms with Crippen LogP contribution < -0.4 is 0 Å². The van der Waals surface area contributed by atoms with E-state index < -0.39 is 0 Å². The summed E-state index contributed by atoms with van der Waals surface area (Å²) >= 11 is 0. The number of aryl methyl sites for hydroxylation is 1. The molecule has 1 aromatic carbocycles. The molecule has 16 heavy (non-hydrogen) atoms. The molecule has 0 spiro atoms. The van der Waals surface area contributed by atoms with Crippen LogP contribution in [0.2, 0.25) is 0 Å². The molecule has 0 amide bonds. The van der Waals surface area contributed by atoms with Crippen LogP contribution in [0.3, 0.4) is 0 Å². The summed E-state index contributed by atoms with van der Waals surface area (Å²) in [6.45, 7) is 2.73. The first-order valence-electron chi connectivity index (χ1n) is 6.70. The maximum Gasteiger partial charge on any atom is 0.0101 e. The smallest absolute Gasteiger partial charge is 0.0101 e. The Morgan fingerprint density at radius 2 is 1.81 bits per heavy atom. The molecular weight excluding hydrogens is 194 g/mol. The molecule has 0 radical (unpaired) electrons. The van der Waals surface area contributed by atoms with Crippen molar-refractivity contribution in [1.29, 1.82) is 0 Å². The van der Waals surface area contributed by atoms with Gasteiger partial charge in [-0.2, -0.15) is 0 Å². The average molecular weight is 215 g/mol. The lowest BCUT2D eigenvalue weighted by molar-refractivity contribution is 0.0454. The summed E-state index contributed by atoms with van der Waals surface area (Å²) in [5.41, 5.74) is 1.50. The molecule has 0 aliphatic carbocycles. The molecule has 3 aliphatic rings. The van der Waals surface area contributed by atoms with Crippen LogP contribution in [0.15, 0.2) is 30.3 Å². The summed E-state index contributed by atoms with van der Waals surface area (Å²) in [6.07, 6.45) is 7.01. The minimum Gasteiger partial charge on any atom is -0.300 e. The largest absolute Gasteiger partial charge is 0.300 e. The van der Waals surface area contributed by atoms with Crippen molar-refractivity contribution in [3.63, 3.8) is 0 Å². The molecule has 1 heteroatoms. The van der Waals surface area contributed by atoms with Gasteiger partial charge < -0.3 is 4.90 Å². The van der Waals surface area contributed by atoms with Gasteiger partial charge in [-0.05, 0) is 56.7 Å². The van der Waals surface area contributed by atoms with Gasteiger partial charge in [0, 0.05) is 6.04 Å². The molecule has 3 fully saturated rings. The highest BCUT2D eigenvalue weighted by Gasteiger charge is 2.32. The lowest BCUT2D eigenvalue weighted by atomic mass is 9.81. The number of hydrogen-bond acceptors (Lipinski definition) is 1. The molecule has 0 N–H and O–H groups in total. The van der Waals surface area contributed by atoms with Gasteiger partial charge in [-0.25, -0.2) is 0 Å². The fourth-order valence-electron chi connectivity index (χ4n) is 3.37. The summed E-state index contributed by atoms with van der Waals surface area (Å²) in [5.74, 6) is 1.05. The molecule has 4 rings (SSSR count). The van der Waals surface area contributed by atoms with Crippen molar-refractivity contribution in [3.05, 3.63) is 35.9 Å². The van der Waals surface area contributed by atoms with E-state index in [1.54, 1.807) is 0 Å². The predicted octanol–water partition coefficient (Wildman–Crippen LogP) is 3.10. The summed E-state index contributed by atoms with van der Waals surface area (Å²) in [5, 5.41) is 0. The van der Waals surface area contributed by atoms with Crippen LogP contribution in [-0.2, 0) is 6.42 Å². The predicted molar refractivity (Wildman–Crippen MR) is 67.5 cm³/mol.